The predicted molar refractivity (Wildman–Crippen MR) is 54.1 cm³/mol. The second-order valence-electron chi connectivity index (χ2n) is 4.16. The highest BCUT2D eigenvalue weighted by molar-refractivity contribution is 4.84. The van der Waals surface area contributed by atoms with E-state index >= 15 is 0 Å². The minimum absolute atomic E-state index is 0.277. The standard InChI is InChI=1S/C10H17N3O2/c1-8-11-10(15-12-8)6-13-4-2-3-9(5-13)7-14/h9,14H,2-7H2,1H3. The van der Waals surface area contributed by atoms with Gasteiger partial charge in [-0.15, -0.1) is 0 Å². The molecule has 1 aromatic rings. The smallest absolute Gasteiger partial charge is 0.240 e. The Morgan fingerprint density at radius 2 is 2.47 bits per heavy atom. The van der Waals surface area contributed by atoms with Crippen LogP contribution in [0, 0.1) is 12.8 Å². The summed E-state index contributed by atoms with van der Waals surface area (Å²) in [5.74, 6) is 1.76. The molecule has 1 unspecified atom stereocenters. The third kappa shape index (κ3) is 2.76. The molecule has 0 radical (unpaired) electrons. The molecular formula is C10H17N3O2. The van der Waals surface area contributed by atoms with Gasteiger partial charge in [-0.3, -0.25) is 4.90 Å². The number of piperidine rings is 1. The summed E-state index contributed by atoms with van der Waals surface area (Å²) < 4.78 is 5.07. The van der Waals surface area contributed by atoms with E-state index in [4.69, 9.17) is 9.63 Å². The lowest BCUT2D eigenvalue weighted by atomic mass is 9.99. The first-order chi connectivity index (χ1) is 7.28. The Balaban J connectivity index is 1.88. The van der Waals surface area contributed by atoms with Crippen molar-refractivity contribution in [3.8, 4) is 0 Å². The van der Waals surface area contributed by atoms with Crippen LogP contribution in [-0.4, -0.2) is 39.8 Å². The molecule has 5 heteroatoms. The van der Waals surface area contributed by atoms with Gasteiger partial charge in [0.1, 0.15) is 0 Å². The highest BCUT2D eigenvalue weighted by Crippen LogP contribution is 2.17. The zero-order chi connectivity index (χ0) is 10.7. The fourth-order valence-corrected chi connectivity index (χ4v) is 2.04. The number of aryl methyl sites for hydroxylation is 1. The summed E-state index contributed by atoms with van der Waals surface area (Å²) in [6.07, 6.45) is 2.26. The first kappa shape index (κ1) is 10.6. The van der Waals surface area contributed by atoms with Gasteiger partial charge >= 0.3 is 0 Å². The zero-order valence-electron chi connectivity index (χ0n) is 9.02. The van der Waals surface area contributed by atoms with Crippen LogP contribution in [0.4, 0.5) is 0 Å². The van der Waals surface area contributed by atoms with Crippen LogP contribution in [0.2, 0.25) is 0 Å². The molecule has 84 valence electrons. The van der Waals surface area contributed by atoms with Crippen LogP contribution >= 0.6 is 0 Å². The van der Waals surface area contributed by atoms with Gasteiger partial charge in [0, 0.05) is 13.2 Å². The molecule has 1 fully saturated rings. The van der Waals surface area contributed by atoms with Gasteiger partial charge in [0.2, 0.25) is 5.89 Å². The molecule has 2 rings (SSSR count). The minimum Gasteiger partial charge on any atom is -0.396 e. The van der Waals surface area contributed by atoms with E-state index in [0.29, 0.717) is 24.2 Å². The third-order valence-corrected chi connectivity index (χ3v) is 2.79. The molecule has 0 bridgehead atoms. The molecule has 0 aliphatic carbocycles. The molecule has 15 heavy (non-hydrogen) atoms. The molecule has 0 aromatic carbocycles. The van der Waals surface area contributed by atoms with Gasteiger partial charge in [-0.1, -0.05) is 5.16 Å². The molecule has 0 amide bonds. The van der Waals surface area contributed by atoms with Crippen molar-refractivity contribution in [3.63, 3.8) is 0 Å². The molecule has 2 heterocycles. The van der Waals surface area contributed by atoms with Crippen molar-refractivity contribution in [1.29, 1.82) is 0 Å². The molecule has 0 spiro atoms. The average molecular weight is 211 g/mol. The molecule has 1 aromatic heterocycles. The number of aliphatic hydroxyl groups is 1. The van der Waals surface area contributed by atoms with Gasteiger partial charge in [0.25, 0.3) is 0 Å². The van der Waals surface area contributed by atoms with Crippen molar-refractivity contribution in [2.45, 2.75) is 26.3 Å². The van der Waals surface area contributed by atoms with E-state index in [9.17, 15) is 0 Å². The number of rotatable bonds is 3. The number of likely N-dealkylation sites (tertiary alicyclic amines) is 1. The maximum atomic E-state index is 9.10. The normalized spacial score (nSPS) is 23.2. The Morgan fingerprint density at radius 1 is 1.60 bits per heavy atom. The minimum atomic E-state index is 0.277. The van der Waals surface area contributed by atoms with E-state index in [1.54, 1.807) is 0 Å². The van der Waals surface area contributed by atoms with Crippen molar-refractivity contribution in [3.05, 3.63) is 11.7 Å². The van der Waals surface area contributed by atoms with Crippen LogP contribution < -0.4 is 0 Å². The number of aliphatic hydroxyl groups excluding tert-OH is 1. The number of aromatic nitrogens is 2. The molecular weight excluding hydrogens is 194 g/mol. The first-order valence-corrected chi connectivity index (χ1v) is 5.40. The first-order valence-electron chi connectivity index (χ1n) is 5.40. The quantitative estimate of drug-likeness (QED) is 0.792. The van der Waals surface area contributed by atoms with Gasteiger partial charge in [-0.2, -0.15) is 4.98 Å². The second kappa shape index (κ2) is 4.72. The lowest BCUT2D eigenvalue weighted by Gasteiger charge is -2.30. The van der Waals surface area contributed by atoms with E-state index in [1.165, 1.54) is 0 Å². The fourth-order valence-electron chi connectivity index (χ4n) is 2.04. The Hall–Kier alpha value is -0.940. The molecule has 1 atom stereocenters. The summed E-state index contributed by atoms with van der Waals surface area (Å²) >= 11 is 0. The van der Waals surface area contributed by atoms with Crippen LogP contribution in [0.25, 0.3) is 0 Å². The van der Waals surface area contributed by atoms with Gasteiger partial charge in [-0.05, 0) is 32.2 Å². The van der Waals surface area contributed by atoms with Crippen molar-refractivity contribution in [1.82, 2.24) is 15.0 Å². The van der Waals surface area contributed by atoms with Crippen LogP contribution in [0.3, 0.4) is 0 Å². The van der Waals surface area contributed by atoms with Gasteiger partial charge < -0.3 is 9.63 Å². The fraction of sp³-hybridized carbons (Fsp3) is 0.800. The maximum absolute atomic E-state index is 9.10. The van der Waals surface area contributed by atoms with Crippen LogP contribution in [-0.2, 0) is 6.54 Å². The highest BCUT2D eigenvalue weighted by atomic mass is 16.5. The van der Waals surface area contributed by atoms with E-state index in [2.05, 4.69) is 15.0 Å². The van der Waals surface area contributed by atoms with Gasteiger partial charge in [0.15, 0.2) is 5.82 Å². The lowest BCUT2D eigenvalue weighted by Crippen LogP contribution is -2.36. The average Bonchev–Trinajstić information content (AvgIpc) is 2.64. The zero-order valence-corrected chi connectivity index (χ0v) is 9.02. The summed E-state index contributed by atoms with van der Waals surface area (Å²) in [5, 5.41) is 12.9. The molecule has 1 N–H and O–H groups in total. The Bertz CT molecular complexity index is 313. The molecule has 0 saturated carbocycles. The molecule has 1 aliphatic heterocycles. The summed E-state index contributed by atoms with van der Waals surface area (Å²) in [7, 11) is 0. The molecule has 1 saturated heterocycles. The lowest BCUT2D eigenvalue weighted by molar-refractivity contribution is 0.107. The van der Waals surface area contributed by atoms with Crippen LogP contribution in [0.1, 0.15) is 24.6 Å². The summed E-state index contributed by atoms with van der Waals surface area (Å²) in [6.45, 7) is 4.78. The van der Waals surface area contributed by atoms with Crippen molar-refractivity contribution < 1.29 is 9.63 Å². The van der Waals surface area contributed by atoms with E-state index in [-0.39, 0.29) is 6.61 Å². The summed E-state index contributed by atoms with van der Waals surface area (Å²) in [4.78, 5) is 6.43. The largest absolute Gasteiger partial charge is 0.396 e. The van der Waals surface area contributed by atoms with E-state index < -0.39 is 0 Å². The Morgan fingerprint density at radius 3 is 3.13 bits per heavy atom. The van der Waals surface area contributed by atoms with E-state index in [0.717, 1.165) is 25.9 Å². The third-order valence-electron chi connectivity index (χ3n) is 2.79. The summed E-state index contributed by atoms with van der Waals surface area (Å²) in [6, 6.07) is 0. The maximum Gasteiger partial charge on any atom is 0.240 e. The molecule has 5 nitrogen and oxygen atoms in total. The topological polar surface area (TPSA) is 62.4 Å². The van der Waals surface area contributed by atoms with Gasteiger partial charge in [-0.25, -0.2) is 0 Å². The SMILES string of the molecule is Cc1noc(CN2CCCC(CO)C2)n1. The summed E-state index contributed by atoms with van der Waals surface area (Å²) in [5.41, 5.74) is 0. The number of hydrogen-bond acceptors (Lipinski definition) is 5. The number of hydrogen-bond donors (Lipinski definition) is 1. The van der Waals surface area contributed by atoms with Crippen molar-refractivity contribution in [2.24, 2.45) is 5.92 Å². The highest BCUT2D eigenvalue weighted by Gasteiger charge is 2.20. The number of nitrogens with zero attached hydrogens (tertiary/aromatic N) is 3. The van der Waals surface area contributed by atoms with Crippen molar-refractivity contribution in [2.75, 3.05) is 19.7 Å². The van der Waals surface area contributed by atoms with Crippen LogP contribution in [0.5, 0.6) is 0 Å². The Labute approximate surface area is 89.1 Å². The van der Waals surface area contributed by atoms with Crippen LogP contribution in [0.15, 0.2) is 4.52 Å². The molecule has 1 aliphatic rings. The predicted octanol–water partition coefficient (Wildman–Crippen LogP) is 0.582. The van der Waals surface area contributed by atoms with Gasteiger partial charge in [0.05, 0.1) is 6.54 Å². The van der Waals surface area contributed by atoms with E-state index in [1.807, 2.05) is 6.92 Å². The van der Waals surface area contributed by atoms with Crippen molar-refractivity contribution >= 4 is 0 Å². The monoisotopic (exact) mass is 211 g/mol. The second-order valence-corrected chi connectivity index (χ2v) is 4.16. The Kier molecular flexibility index (Phi) is 3.33.